The van der Waals surface area contributed by atoms with Crippen molar-refractivity contribution in [2.75, 3.05) is 11.4 Å². The van der Waals surface area contributed by atoms with Gasteiger partial charge in [0.1, 0.15) is 4.70 Å². The lowest BCUT2D eigenvalue weighted by atomic mass is 10.0. The molecule has 0 aliphatic carbocycles. The minimum atomic E-state index is 1.12. The first-order valence-corrected chi connectivity index (χ1v) is 26.3. The number of allylic oxidation sites excluding steroid dienone is 2. The third-order valence-corrected chi connectivity index (χ3v) is 14.5. The number of fused-ring (bicyclic) bond motifs is 2. The van der Waals surface area contributed by atoms with E-state index in [2.05, 4.69) is 90.1 Å². The first kappa shape index (κ1) is 47.6. The van der Waals surface area contributed by atoms with Gasteiger partial charge in [0.2, 0.25) is 5.52 Å². The third-order valence-electron chi connectivity index (χ3n) is 12.2. The predicted molar refractivity (Wildman–Crippen MR) is 258 cm³/mol. The Morgan fingerprint density at radius 1 is 0.491 bits per heavy atom. The molecular weight excluding hydrogens is 729 g/mol. The van der Waals surface area contributed by atoms with Crippen LogP contribution in [0.1, 0.15) is 224 Å². The van der Waals surface area contributed by atoms with E-state index in [1.165, 1.54) is 236 Å². The lowest BCUT2D eigenvalue weighted by Gasteiger charge is -2.20. The molecule has 4 rings (SSSR count). The van der Waals surface area contributed by atoms with Crippen LogP contribution in [-0.4, -0.2) is 6.54 Å². The van der Waals surface area contributed by atoms with Crippen LogP contribution in [0.4, 0.5) is 5.69 Å². The van der Waals surface area contributed by atoms with E-state index < -0.39 is 0 Å². The Balaban J connectivity index is 1.12. The molecule has 0 saturated carbocycles. The summed E-state index contributed by atoms with van der Waals surface area (Å²) in [7, 11) is 0. The fourth-order valence-electron chi connectivity index (χ4n) is 8.66. The molecule has 1 aliphatic rings. The topological polar surface area (TPSA) is 7.12 Å². The van der Waals surface area contributed by atoms with Gasteiger partial charge in [-0.25, -0.2) is 0 Å². The van der Waals surface area contributed by atoms with Crippen LogP contribution in [0, 0.1) is 0 Å². The minimum Gasteiger partial charge on any atom is -0.335 e. The van der Waals surface area contributed by atoms with Crippen molar-refractivity contribution in [2.45, 2.75) is 231 Å². The van der Waals surface area contributed by atoms with Gasteiger partial charge in [-0.1, -0.05) is 253 Å². The summed E-state index contributed by atoms with van der Waals surface area (Å²) in [6.07, 6.45) is 52.4. The Kier molecular flexibility index (Phi) is 26.6. The smallest absolute Gasteiger partial charge is 0.262 e. The Morgan fingerprint density at radius 3 is 1.46 bits per heavy atom. The zero-order valence-corrected chi connectivity index (χ0v) is 38.7. The maximum absolute atomic E-state index is 2.59. The summed E-state index contributed by atoms with van der Waals surface area (Å²) < 4.78 is 3.98. The molecule has 0 spiro atoms. The predicted octanol–water partition coefficient (Wildman–Crippen LogP) is 18.2. The molecule has 0 amide bonds. The molecule has 0 unspecified atom stereocenters. The second kappa shape index (κ2) is 31.8. The summed E-state index contributed by atoms with van der Waals surface area (Å²) >= 11 is 3.89. The Bertz CT molecular complexity index is 1490. The largest absolute Gasteiger partial charge is 0.335 e. The number of para-hydroxylation sites is 2. The number of thioether (sulfide) groups is 1. The summed E-state index contributed by atoms with van der Waals surface area (Å²) in [6.45, 7) is 6.85. The number of hydrogen-bond acceptors (Lipinski definition) is 3. The summed E-state index contributed by atoms with van der Waals surface area (Å²) in [5, 5.41) is 2.75. The van der Waals surface area contributed by atoms with E-state index in [1.54, 1.807) is 0 Å². The molecule has 1 aromatic heterocycles. The SMILES string of the molecule is CCCCCCCCCCCCCCCCCCN1C(=CC=Cc2sc3ccccc3[n+]2CCCCCCCCCCCCCCCCCC)Sc2ccccc21. The lowest BCUT2D eigenvalue weighted by molar-refractivity contribution is -0.669. The number of unbranched alkanes of at least 4 members (excludes halogenated alkanes) is 30. The first-order valence-electron chi connectivity index (χ1n) is 24.7. The highest BCUT2D eigenvalue weighted by Gasteiger charge is 2.24. The van der Waals surface area contributed by atoms with Crippen LogP contribution >= 0.6 is 23.1 Å². The quantitative estimate of drug-likeness (QED) is 0.0426. The van der Waals surface area contributed by atoms with Crippen molar-refractivity contribution in [3.8, 4) is 0 Å². The third kappa shape index (κ3) is 19.7. The van der Waals surface area contributed by atoms with Crippen molar-refractivity contribution in [1.29, 1.82) is 0 Å². The number of nitrogens with zero attached hydrogens (tertiary/aromatic N) is 2. The molecule has 0 fully saturated rings. The highest BCUT2D eigenvalue weighted by molar-refractivity contribution is 8.03. The van der Waals surface area contributed by atoms with E-state index in [0.717, 1.165) is 13.1 Å². The van der Waals surface area contributed by atoms with Crippen molar-refractivity contribution in [3.63, 3.8) is 0 Å². The van der Waals surface area contributed by atoms with E-state index in [9.17, 15) is 0 Å². The van der Waals surface area contributed by atoms with Crippen LogP contribution < -0.4 is 9.47 Å². The fourth-order valence-corrected chi connectivity index (χ4v) is 10.9. The van der Waals surface area contributed by atoms with Crippen LogP contribution in [0.3, 0.4) is 0 Å². The average molecular weight is 814 g/mol. The van der Waals surface area contributed by atoms with Crippen molar-refractivity contribution in [3.05, 3.63) is 70.7 Å². The molecule has 57 heavy (non-hydrogen) atoms. The van der Waals surface area contributed by atoms with E-state index >= 15 is 0 Å². The summed E-state index contributed by atoms with van der Waals surface area (Å²) in [6, 6.07) is 18.0. The van der Waals surface area contributed by atoms with E-state index in [4.69, 9.17) is 0 Å². The first-order chi connectivity index (χ1) is 28.3. The number of thiazole rings is 1. The van der Waals surface area contributed by atoms with Crippen molar-refractivity contribution in [2.24, 2.45) is 0 Å². The minimum absolute atomic E-state index is 1.12. The van der Waals surface area contributed by atoms with Gasteiger partial charge < -0.3 is 4.90 Å². The Morgan fingerprint density at radius 2 is 0.930 bits per heavy atom. The lowest BCUT2D eigenvalue weighted by Crippen LogP contribution is -2.34. The van der Waals surface area contributed by atoms with Crippen molar-refractivity contribution < 1.29 is 4.57 Å². The zero-order chi connectivity index (χ0) is 39.9. The maximum atomic E-state index is 2.59. The zero-order valence-electron chi connectivity index (χ0n) is 37.1. The van der Waals surface area contributed by atoms with Gasteiger partial charge in [0, 0.05) is 30.0 Å². The number of aromatic nitrogens is 1. The van der Waals surface area contributed by atoms with Crippen LogP contribution in [0.15, 0.2) is 70.6 Å². The molecule has 0 bridgehead atoms. The molecule has 4 heteroatoms. The molecular formula is C53H85N2S2+. The molecule has 2 aromatic carbocycles. The molecule has 3 aromatic rings. The molecule has 0 atom stereocenters. The molecule has 318 valence electrons. The van der Waals surface area contributed by atoms with Gasteiger partial charge in [0.15, 0.2) is 6.54 Å². The summed E-state index contributed by atoms with van der Waals surface area (Å²) in [4.78, 5) is 3.98. The second-order valence-electron chi connectivity index (χ2n) is 17.3. The van der Waals surface area contributed by atoms with E-state index in [0.29, 0.717) is 0 Å². The van der Waals surface area contributed by atoms with Crippen LogP contribution in [-0.2, 0) is 6.54 Å². The highest BCUT2D eigenvalue weighted by Crippen LogP contribution is 2.46. The van der Waals surface area contributed by atoms with Crippen LogP contribution in [0.2, 0.25) is 0 Å². The van der Waals surface area contributed by atoms with Gasteiger partial charge in [0.25, 0.3) is 5.01 Å². The van der Waals surface area contributed by atoms with Gasteiger partial charge in [-0.15, -0.1) is 0 Å². The van der Waals surface area contributed by atoms with Crippen molar-refractivity contribution in [1.82, 2.24) is 0 Å². The highest BCUT2D eigenvalue weighted by atomic mass is 32.2. The monoisotopic (exact) mass is 814 g/mol. The van der Waals surface area contributed by atoms with Gasteiger partial charge in [0.05, 0.1) is 10.7 Å². The summed E-state index contributed by atoms with van der Waals surface area (Å²) in [5.74, 6) is 0. The van der Waals surface area contributed by atoms with Gasteiger partial charge in [-0.3, -0.25) is 0 Å². The van der Waals surface area contributed by atoms with Crippen molar-refractivity contribution >= 4 is 45.1 Å². The van der Waals surface area contributed by atoms with Gasteiger partial charge >= 0.3 is 0 Å². The number of benzene rings is 2. The summed E-state index contributed by atoms with van der Waals surface area (Å²) in [5.41, 5.74) is 2.78. The number of rotatable bonds is 36. The molecule has 0 N–H and O–H groups in total. The Labute approximate surface area is 360 Å². The van der Waals surface area contributed by atoms with Crippen LogP contribution in [0.25, 0.3) is 16.3 Å². The standard InChI is InChI=1S/C53H85N2S2/c1-3-5-7-9-11-13-15-17-19-21-23-25-27-29-31-37-46-54-48-40-33-35-42-50(48)56-52(54)44-39-45-53-55(49-41-34-36-43-51(49)57-53)47-38-32-30-28-26-24-22-20-18-16-14-12-10-8-6-4-2/h33-36,39-45H,3-32,37-38,46-47H2,1-2H3/q+1. The van der Waals surface area contributed by atoms with Crippen LogP contribution in [0.5, 0.6) is 0 Å². The number of aryl methyl sites for hydroxylation is 1. The second-order valence-corrected chi connectivity index (χ2v) is 19.4. The molecule has 2 nitrogen and oxygen atoms in total. The molecule has 0 saturated heterocycles. The average Bonchev–Trinajstić information content (AvgIpc) is 3.77. The normalized spacial score (nSPS) is 13.6. The molecule has 2 heterocycles. The molecule has 1 aliphatic heterocycles. The van der Waals surface area contributed by atoms with Gasteiger partial charge in [-0.05, 0) is 37.1 Å². The number of hydrogen-bond donors (Lipinski definition) is 0. The van der Waals surface area contributed by atoms with E-state index in [-0.39, 0.29) is 0 Å². The fraction of sp³-hybridized carbons (Fsp3) is 0.679. The molecule has 0 radical (unpaired) electrons. The Hall–Kier alpha value is -2.04. The number of anilines is 1. The maximum Gasteiger partial charge on any atom is 0.262 e. The van der Waals surface area contributed by atoms with E-state index in [1.807, 2.05) is 23.1 Å². The van der Waals surface area contributed by atoms with Gasteiger partial charge in [-0.2, -0.15) is 4.57 Å².